The SMILES string of the molecule is [C-]#[N+]c1c(N)nc(OCC2CCCCO2)c(C#N)c1-c1ccc(OC2COC2)cc1. The molecule has 0 amide bonds. The number of nitrogen functional groups attached to an aromatic ring is 1. The van der Waals surface area contributed by atoms with E-state index in [1.165, 1.54) is 0 Å². The minimum absolute atomic E-state index is 0.0329. The van der Waals surface area contributed by atoms with E-state index < -0.39 is 0 Å². The van der Waals surface area contributed by atoms with Crippen LogP contribution < -0.4 is 15.2 Å². The molecule has 8 heteroatoms. The van der Waals surface area contributed by atoms with Gasteiger partial charge in [0.2, 0.25) is 11.6 Å². The summed E-state index contributed by atoms with van der Waals surface area (Å²) in [7, 11) is 0. The first-order valence-corrected chi connectivity index (χ1v) is 9.90. The van der Waals surface area contributed by atoms with Gasteiger partial charge < -0.3 is 24.7 Å². The van der Waals surface area contributed by atoms with Crippen molar-refractivity contribution in [2.45, 2.75) is 31.5 Å². The summed E-state index contributed by atoms with van der Waals surface area (Å²) in [5.41, 5.74) is 7.44. The van der Waals surface area contributed by atoms with Gasteiger partial charge in [-0.1, -0.05) is 12.1 Å². The van der Waals surface area contributed by atoms with Crippen LogP contribution in [0.5, 0.6) is 11.6 Å². The van der Waals surface area contributed by atoms with E-state index >= 15 is 0 Å². The Morgan fingerprint density at radius 2 is 2.07 bits per heavy atom. The van der Waals surface area contributed by atoms with E-state index in [4.69, 9.17) is 31.3 Å². The first kappa shape index (κ1) is 20.0. The maximum Gasteiger partial charge on any atom is 0.237 e. The third-order valence-electron chi connectivity index (χ3n) is 5.12. The number of hydrogen-bond donors (Lipinski definition) is 1. The maximum atomic E-state index is 9.84. The first-order chi connectivity index (χ1) is 14.7. The number of hydrogen-bond acceptors (Lipinski definition) is 7. The number of anilines is 1. The molecule has 1 aromatic carbocycles. The molecule has 0 saturated carbocycles. The lowest BCUT2D eigenvalue weighted by molar-refractivity contribution is -0.0796. The van der Waals surface area contributed by atoms with E-state index in [1.807, 2.05) is 0 Å². The molecule has 2 aromatic rings. The zero-order chi connectivity index (χ0) is 20.9. The van der Waals surface area contributed by atoms with Gasteiger partial charge in [-0.05, 0) is 37.0 Å². The molecule has 0 bridgehead atoms. The van der Waals surface area contributed by atoms with E-state index in [-0.39, 0.29) is 41.8 Å². The third-order valence-corrected chi connectivity index (χ3v) is 5.12. The van der Waals surface area contributed by atoms with Gasteiger partial charge in [0.15, 0.2) is 0 Å². The summed E-state index contributed by atoms with van der Waals surface area (Å²) in [5, 5.41) is 9.84. The van der Waals surface area contributed by atoms with Crippen molar-refractivity contribution in [3.63, 3.8) is 0 Å². The second kappa shape index (κ2) is 9.00. The van der Waals surface area contributed by atoms with Gasteiger partial charge in [0.25, 0.3) is 0 Å². The molecular formula is C22H22N4O4. The van der Waals surface area contributed by atoms with E-state index in [9.17, 15) is 5.26 Å². The topological polar surface area (TPSA) is 104 Å². The highest BCUT2D eigenvalue weighted by molar-refractivity contribution is 5.90. The van der Waals surface area contributed by atoms with E-state index in [1.54, 1.807) is 24.3 Å². The van der Waals surface area contributed by atoms with Gasteiger partial charge in [0, 0.05) is 12.2 Å². The fourth-order valence-electron chi connectivity index (χ4n) is 3.46. The number of benzene rings is 1. The Kier molecular flexibility index (Phi) is 5.99. The van der Waals surface area contributed by atoms with Crippen molar-refractivity contribution in [3.05, 3.63) is 41.2 Å². The van der Waals surface area contributed by atoms with Crippen LogP contribution in [0, 0.1) is 17.9 Å². The maximum absolute atomic E-state index is 9.84. The molecule has 1 atom stereocenters. The fraction of sp³-hybridized carbons (Fsp3) is 0.409. The van der Waals surface area contributed by atoms with Crippen LogP contribution in [-0.2, 0) is 9.47 Å². The number of pyridine rings is 1. The molecule has 2 saturated heterocycles. The molecule has 2 N–H and O–H groups in total. The Bertz CT molecular complexity index is 984. The van der Waals surface area contributed by atoms with E-state index in [0.717, 1.165) is 19.3 Å². The number of rotatable bonds is 6. The average Bonchev–Trinajstić information content (AvgIpc) is 2.75. The highest BCUT2D eigenvalue weighted by Gasteiger charge is 2.24. The first-order valence-electron chi connectivity index (χ1n) is 9.90. The predicted octanol–water partition coefficient (Wildman–Crippen LogP) is 3.48. The summed E-state index contributed by atoms with van der Waals surface area (Å²) < 4.78 is 22.4. The quantitative estimate of drug-likeness (QED) is 0.733. The lowest BCUT2D eigenvalue weighted by Crippen LogP contribution is -2.38. The molecule has 2 aliphatic rings. The molecule has 4 rings (SSSR count). The molecular weight excluding hydrogens is 384 g/mol. The Labute approximate surface area is 175 Å². The van der Waals surface area contributed by atoms with Crippen LogP contribution in [0.1, 0.15) is 24.8 Å². The molecule has 154 valence electrons. The van der Waals surface area contributed by atoms with Gasteiger partial charge in [0.1, 0.15) is 35.9 Å². The van der Waals surface area contributed by atoms with Crippen molar-refractivity contribution < 1.29 is 18.9 Å². The predicted molar refractivity (Wildman–Crippen MR) is 109 cm³/mol. The smallest absolute Gasteiger partial charge is 0.237 e. The largest absolute Gasteiger partial charge is 0.486 e. The van der Waals surface area contributed by atoms with Crippen LogP contribution in [0.3, 0.4) is 0 Å². The lowest BCUT2D eigenvalue weighted by Gasteiger charge is -2.26. The Morgan fingerprint density at radius 3 is 2.67 bits per heavy atom. The Morgan fingerprint density at radius 1 is 1.27 bits per heavy atom. The summed E-state index contributed by atoms with van der Waals surface area (Å²) >= 11 is 0. The molecule has 30 heavy (non-hydrogen) atoms. The van der Waals surface area contributed by atoms with Crippen molar-refractivity contribution >= 4 is 11.5 Å². The highest BCUT2D eigenvalue weighted by Crippen LogP contribution is 2.41. The summed E-state index contributed by atoms with van der Waals surface area (Å²) in [5.74, 6) is 0.854. The molecule has 8 nitrogen and oxygen atoms in total. The van der Waals surface area contributed by atoms with Crippen molar-refractivity contribution in [2.24, 2.45) is 0 Å². The molecule has 1 unspecified atom stereocenters. The number of nitrogens with zero attached hydrogens (tertiary/aromatic N) is 3. The Hall–Kier alpha value is -3.33. The van der Waals surface area contributed by atoms with Gasteiger partial charge in [-0.3, -0.25) is 0 Å². The van der Waals surface area contributed by atoms with Gasteiger partial charge in [0.05, 0.1) is 25.9 Å². The monoisotopic (exact) mass is 406 g/mol. The van der Waals surface area contributed by atoms with Crippen LogP contribution >= 0.6 is 0 Å². The van der Waals surface area contributed by atoms with Crippen LogP contribution in [0.4, 0.5) is 11.5 Å². The minimum atomic E-state index is -0.0378. The minimum Gasteiger partial charge on any atom is -0.486 e. The highest BCUT2D eigenvalue weighted by atomic mass is 16.6. The van der Waals surface area contributed by atoms with Gasteiger partial charge in [-0.15, -0.1) is 0 Å². The number of nitriles is 1. The fourth-order valence-corrected chi connectivity index (χ4v) is 3.46. The summed E-state index contributed by atoms with van der Waals surface area (Å²) in [6.45, 7) is 9.69. The molecule has 0 spiro atoms. The standard InChI is InChI=1S/C22H22N4O4/c1-25-20-19(14-5-7-15(8-6-14)30-17-11-27-12-17)18(10-23)22(26-21(20)24)29-13-16-4-2-3-9-28-16/h5-8,16-17H,2-4,9,11-13H2,(H2,24,26). The molecule has 1 aromatic heterocycles. The van der Waals surface area contributed by atoms with E-state index in [0.29, 0.717) is 36.7 Å². The summed E-state index contributed by atoms with van der Waals surface area (Å²) in [6.07, 6.45) is 3.05. The van der Waals surface area contributed by atoms with Crippen LogP contribution in [0.25, 0.3) is 16.0 Å². The zero-order valence-electron chi connectivity index (χ0n) is 16.5. The van der Waals surface area contributed by atoms with Crippen LogP contribution in [-0.4, -0.2) is 43.6 Å². The zero-order valence-corrected chi connectivity index (χ0v) is 16.5. The van der Waals surface area contributed by atoms with Crippen molar-refractivity contribution in [1.29, 1.82) is 5.26 Å². The van der Waals surface area contributed by atoms with Gasteiger partial charge in [-0.2, -0.15) is 5.26 Å². The van der Waals surface area contributed by atoms with E-state index in [2.05, 4.69) is 15.9 Å². The molecule has 0 radical (unpaired) electrons. The third kappa shape index (κ3) is 4.16. The van der Waals surface area contributed by atoms with Crippen molar-refractivity contribution in [2.75, 3.05) is 32.2 Å². The molecule has 3 heterocycles. The summed E-state index contributed by atoms with van der Waals surface area (Å²) in [4.78, 5) is 7.71. The van der Waals surface area contributed by atoms with Crippen LogP contribution in [0.2, 0.25) is 0 Å². The Balaban J connectivity index is 1.64. The molecule has 2 aliphatic heterocycles. The van der Waals surface area contributed by atoms with Crippen molar-refractivity contribution in [3.8, 4) is 28.8 Å². The molecule has 0 aliphatic carbocycles. The lowest BCUT2D eigenvalue weighted by atomic mass is 9.99. The second-order valence-electron chi connectivity index (χ2n) is 7.23. The normalized spacial score (nSPS) is 18.7. The number of ether oxygens (including phenoxy) is 4. The molecule has 2 fully saturated rings. The average molecular weight is 406 g/mol. The summed E-state index contributed by atoms with van der Waals surface area (Å²) in [6, 6.07) is 9.34. The van der Waals surface area contributed by atoms with Gasteiger partial charge in [-0.25, -0.2) is 9.83 Å². The van der Waals surface area contributed by atoms with Gasteiger partial charge >= 0.3 is 0 Å². The number of aromatic nitrogens is 1. The van der Waals surface area contributed by atoms with Crippen molar-refractivity contribution in [1.82, 2.24) is 4.98 Å². The number of nitrogens with two attached hydrogens (primary N) is 1. The second-order valence-corrected chi connectivity index (χ2v) is 7.23. The van der Waals surface area contributed by atoms with Crippen LogP contribution in [0.15, 0.2) is 24.3 Å².